The van der Waals surface area contributed by atoms with Crippen LogP contribution in [0, 0.1) is 5.41 Å². The Morgan fingerprint density at radius 1 is 1.00 bits per heavy atom. The Bertz CT molecular complexity index is 444. The molecule has 1 aliphatic carbocycles. The third-order valence-electron chi connectivity index (χ3n) is 5.28. The lowest BCUT2D eigenvalue weighted by atomic mass is 9.66. The van der Waals surface area contributed by atoms with Crippen LogP contribution in [0.25, 0.3) is 0 Å². The molecular formula is C15H29NO4S. The second-order valence-corrected chi connectivity index (χ2v) is 9.43. The summed E-state index contributed by atoms with van der Waals surface area (Å²) in [5.41, 5.74) is 0.211. The van der Waals surface area contributed by atoms with E-state index in [0.29, 0.717) is 12.0 Å². The highest BCUT2D eigenvalue weighted by molar-refractivity contribution is 7.89. The molecule has 0 aromatic carbocycles. The molecule has 0 aromatic rings. The summed E-state index contributed by atoms with van der Waals surface area (Å²) in [6.07, 6.45) is 5.14. The summed E-state index contributed by atoms with van der Waals surface area (Å²) in [4.78, 5) is 0. The number of ether oxygens (including phenoxy) is 2. The molecule has 2 rings (SSSR count). The monoisotopic (exact) mass is 319 g/mol. The van der Waals surface area contributed by atoms with Crippen LogP contribution in [0.4, 0.5) is 0 Å². The molecule has 1 heterocycles. The first-order valence-electron chi connectivity index (χ1n) is 7.77. The predicted octanol–water partition coefficient (Wildman–Crippen LogP) is 2.02. The number of rotatable bonds is 6. The van der Waals surface area contributed by atoms with Gasteiger partial charge < -0.3 is 9.47 Å². The van der Waals surface area contributed by atoms with E-state index in [1.807, 2.05) is 0 Å². The van der Waals surface area contributed by atoms with Crippen LogP contribution in [0.15, 0.2) is 0 Å². The van der Waals surface area contributed by atoms with Gasteiger partial charge in [0.2, 0.25) is 10.0 Å². The van der Waals surface area contributed by atoms with Gasteiger partial charge in [0.05, 0.1) is 13.2 Å². The van der Waals surface area contributed by atoms with Gasteiger partial charge in [-0.3, -0.25) is 0 Å². The number of hydrogen-bond donors (Lipinski definition) is 0. The van der Waals surface area contributed by atoms with Gasteiger partial charge in [-0.05, 0) is 37.5 Å². The minimum atomic E-state index is -3.35. The van der Waals surface area contributed by atoms with Gasteiger partial charge in [0.25, 0.3) is 0 Å². The van der Waals surface area contributed by atoms with Gasteiger partial charge in [0.15, 0.2) is 0 Å². The lowest BCUT2D eigenvalue weighted by Gasteiger charge is -2.56. The highest BCUT2D eigenvalue weighted by Gasteiger charge is 2.54. The SMILES string of the molecule is COCC(COC)S(=O)(=O)N1CCC12CCC(C)(C)CC2. The van der Waals surface area contributed by atoms with E-state index in [1.54, 1.807) is 4.31 Å². The fourth-order valence-corrected chi connectivity index (χ4v) is 5.72. The molecule has 0 unspecified atom stereocenters. The van der Waals surface area contributed by atoms with E-state index < -0.39 is 15.3 Å². The molecule has 124 valence electrons. The molecule has 1 aliphatic heterocycles. The first-order valence-corrected chi connectivity index (χ1v) is 9.27. The summed E-state index contributed by atoms with van der Waals surface area (Å²) < 4.78 is 37.7. The molecule has 0 bridgehead atoms. The normalized spacial score (nSPS) is 25.2. The minimum Gasteiger partial charge on any atom is -0.383 e. The predicted molar refractivity (Wildman–Crippen MR) is 82.8 cm³/mol. The summed E-state index contributed by atoms with van der Waals surface area (Å²) >= 11 is 0. The molecule has 0 N–H and O–H groups in total. The highest BCUT2D eigenvalue weighted by atomic mass is 32.2. The molecule has 5 nitrogen and oxygen atoms in total. The van der Waals surface area contributed by atoms with E-state index >= 15 is 0 Å². The summed E-state index contributed by atoms with van der Waals surface area (Å²) in [6.45, 7) is 5.57. The Hall–Kier alpha value is -0.170. The van der Waals surface area contributed by atoms with Crippen molar-refractivity contribution in [1.82, 2.24) is 4.31 Å². The van der Waals surface area contributed by atoms with Gasteiger partial charge >= 0.3 is 0 Å². The highest BCUT2D eigenvalue weighted by Crippen LogP contribution is 2.50. The summed E-state index contributed by atoms with van der Waals surface area (Å²) in [6, 6.07) is 0. The maximum atomic E-state index is 12.9. The number of hydrogen-bond acceptors (Lipinski definition) is 4. The Morgan fingerprint density at radius 2 is 1.52 bits per heavy atom. The van der Waals surface area contributed by atoms with E-state index in [2.05, 4.69) is 13.8 Å². The van der Waals surface area contributed by atoms with Crippen LogP contribution in [0.3, 0.4) is 0 Å². The van der Waals surface area contributed by atoms with Crippen LogP contribution >= 0.6 is 0 Å². The first kappa shape index (κ1) is 17.2. The Balaban J connectivity index is 2.13. The van der Waals surface area contributed by atoms with E-state index in [4.69, 9.17) is 9.47 Å². The zero-order valence-corrected chi connectivity index (χ0v) is 14.5. The third-order valence-corrected chi connectivity index (χ3v) is 7.58. The molecule has 1 spiro atoms. The van der Waals surface area contributed by atoms with E-state index in [1.165, 1.54) is 14.2 Å². The van der Waals surface area contributed by atoms with E-state index in [-0.39, 0.29) is 18.8 Å². The first-order chi connectivity index (χ1) is 9.77. The van der Waals surface area contributed by atoms with Crippen molar-refractivity contribution in [2.45, 2.75) is 56.7 Å². The van der Waals surface area contributed by atoms with Crippen molar-refractivity contribution in [3.8, 4) is 0 Å². The molecule has 2 aliphatic rings. The zero-order valence-electron chi connectivity index (χ0n) is 13.7. The lowest BCUT2D eigenvalue weighted by Crippen LogP contribution is -2.65. The fourth-order valence-electron chi connectivity index (χ4n) is 3.58. The second kappa shape index (κ2) is 6.14. The Morgan fingerprint density at radius 3 is 1.90 bits per heavy atom. The quantitative estimate of drug-likeness (QED) is 0.751. The van der Waals surface area contributed by atoms with Gasteiger partial charge in [0.1, 0.15) is 5.25 Å². The largest absolute Gasteiger partial charge is 0.383 e. The molecule has 0 amide bonds. The van der Waals surface area contributed by atoms with Crippen LogP contribution in [0.2, 0.25) is 0 Å². The smallest absolute Gasteiger partial charge is 0.222 e. The average molecular weight is 319 g/mol. The summed E-state index contributed by atoms with van der Waals surface area (Å²) in [7, 11) is -0.281. The van der Waals surface area contributed by atoms with Crippen molar-refractivity contribution in [2.75, 3.05) is 34.0 Å². The van der Waals surface area contributed by atoms with Gasteiger partial charge in [-0.2, -0.15) is 4.31 Å². The van der Waals surface area contributed by atoms with Crippen molar-refractivity contribution in [1.29, 1.82) is 0 Å². The van der Waals surface area contributed by atoms with Gasteiger partial charge in [-0.1, -0.05) is 13.8 Å². The van der Waals surface area contributed by atoms with Crippen molar-refractivity contribution in [3.63, 3.8) is 0 Å². The van der Waals surface area contributed by atoms with E-state index in [0.717, 1.165) is 32.1 Å². The minimum absolute atomic E-state index is 0.131. The van der Waals surface area contributed by atoms with Crippen LogP contribution in [-0.4, -0.2) is 57.5 Å². The second-order valence-electron chi connectivity index (χ2n) is 7.29. The molecule has 1 saturated carbocycles. The molecule has 0 atom stereocenters. The molecular weight excluding hydrogens is 290 g/mol. The van der Waals surface area contributed by atoms with Crippen molar-refractivity contribution in [3.05, 3.63) is 0 Å². The summed E-state index contributed by atoms with van der Waals surface area (Å²) in [5, 5.41) is -0.598. The molecule has 2 fully saturated rings. The van der Waals surface area contributed by atoms with Crippen LogP contribution in [0.1, 0.15) is 46.0 Å². The van der Waals surface area contributed by atoms with E-state index in [9.17, 15) is 8.42 Å². The standard InChI is InChI=1S/C15H29NO4S/c1-14(2)5-7-15(8-6-14)9-10-16(15)21(17,18)13(11-19-3)12-20-4/h13H,5-12H2,1-4H3. The van der Waals surface area contributed by atoms with Crippen LogP contribution in [0.5, 0.6) is 0 Å². The molecule has 0 aromatic heterocycles. The molecule has 21 heavy (non-hydrogen) atoms. The van der Waals surface area contributed by atoms with Gasteiger partial charge in [-0.25, -0.2) is 8.42 Å². The lowest BCUT2D eigenvalue weighted by molar-refractivity contribution is -0.00203. The molecule has 6 heteroatoms. The molecule has 1 saturated heterocycles. The third kappa shape index (κ3) is 3.28. The van der Waals surface area contributed by atoms with Crippen molar-refractivity contribution >= 4 is 10.0 Å². The van der Waals surface area contributed by atoms with Crippen molar-refractivity contribution < 1.29 is 17.9 Å². The maximum Gasteiger partial charge on any atom is 0.222 e. The van der Waals surface area contributed by atoms with Crippen LogP contribution in [-0.2, 0) is 19.5 Å². The Labute approximate surface area is 129 Å². The Kier molecular flexibility index (Phi) is 5.03. The maximum absolute atomic E-state index is 12.9. The van der Waals surface area contributed by atoms with Crippen molar-refractivity contribution in [2.24, 2.45) is 5.41 Å². The average Bonchev–Trinajstić information content (AvgIpc) is 2.37. The number of methoxy groups -OCH3 is 2. The van der Waals surface area contributed by atoms with Crippen LogP contribution < -0.4 is 0 Å². The van der Waals surface area contributed by atoms with Gasteiger partial charge in [-0.15, -0.1) is 0 Å². The van der Waals surface area contributed by atoms with Gasteiger partial charge in [0, 0.05) is 26.3 Å². The number of nitrogens with zero attached hydrogens (tertiary/aromatic N) is 1. The number of sulfonamides is 1. The summed E-state index contributed by atoms with van der Waals surface area (Å²) in [5.74, 6) is 0. The fraction of sp³-hybridized carbons (Fsp3) is 1.00. The zero-order chi connectivity index (χ0) is 15.7. The molecule has 0 radical (unpaired) electrons. The topological polar surface area (TPSA) is 55.8 Å².